The van der Waals surface area contributed by atoms with Crippen molar-refractivity contribution in [1.82, 2.24) is 9.80 Å². The quantitative estimate of drug-likeness (QED) is 0.862. The summed E-state index contributed by atoms with van der Waals surface area (Å²) in [6.07, 6.45) is -0.950. The van der Waals surface area contributed by atoms with E-state index in [2.05, 4.69) is 5.32 Å². The number of nitrogens with one attached hydrogen (secondary N) is 1. The molecule has 1 N–H and O–H groups in total. The Kier molecular flexibility index (Phi) is 5.67. The van der Waals surface area contributed by atoms with Gasteiger partial charge in [0, 0.05) is 26.2 Å². The Hall–Kier alpha value is -2.26. The number of nitrogens with zero attached hydrogens (tertiary/aromatic N) is 2. The molecule has 1 aliphatic heterocycles. The predicted molar refractivity (Wildman–Crippen MR) is 94.1 cm³/mol. The second kappa shape index (κ2) is 7.96. The first-order valence-corrected chi connectivity index (χ1v) is 9.00. The fourth-order valence-corrected chi connectivity index (χ4v) is 3.85. The summed E-state index contributed by atoms with van der Waals surface area (Å²) < 4.78 is 29.9. The highest BCUT2D eigenvalue weighted by Gasteiger charge is 2.26. The van der Waals surface area contributed by atoms with E-state index in [4.69, 9.17) is 4.42 Å². The molecule has 0 aromatic carbocycles. The lowest BCUT2D eigenvalue weighted by Crippen LogP contribution is -2.49. The van der Waals surface area contributed by atoms with Crippen LogP contribution in [-0.2, 0) is 0 Å². The van der Waals surface area contributed by atoms with Crippen LogP contribution in [0.15, 0.2) is 28.9 Å². The second-order valence-corrected chi connectivity index (χ2v) is 7.09. The minimum Gasteiger partial charge on any atom is -0.459 e. The number of hydrogen-bond donors (Lipinski definition) is 1. The first-order chi connectivity index (χ1) is 12.4. The largest absolute Gasteiger partial charge is 0.459 e. The van der Waals surface area contributed by atoms with Crippen LogP contribution in [-0.4, -0.2) is 60.8 Å². The third kappa shape index (κ3) is 4.28. The summed E-state index contributed by atoms with van der Waals surface area (Å²) in [5, 5.41) is 3.27. The van der Waals surface area contributed by atoms with Crippen LogP contribution in [0.5, 0.6) is 0 Å². The van der Waals surface area contributed by atoms with Gasteiger partial charge < -0.3 is 14.6 Å². The Morgan fingerprint density at radius 1 is 1.31 bits per heavy atom. The summed E-state index contributed by atoms with van der Waals surface area (Å²) in [7, 11) is 0. The molecule has 3 heterocycles. The van der Waals surface area contributed by atoms with Gasteiger partial charge in [-0.15, -0.1) is 11.3 Å². The SMILES string of the molecule is Cc1cc(NC(=O)c2ccco2)sc1C(=O)N1CCN(CC(F)F)CC1. The molecule has 140 valence electrons. The maximum Gasteiger partial charge on any atom is 0.291 e. The van der Waals surface area contributed by atoms with E-state index in [0.717, 1.165) is 5.56 Å². The average molecular weight is 383 g/mol. The van der Waals surface area contributed by atoms with Gasteiger partial charge in [0.15, 0.2) is 5.76 Å². The third-order valence-corrected chi connectivity index (χ3v) is 5.29. The molecular weight excluding hydrogens is 364 g/mol. The molecular formula is C17H19F2N3O3S. The molecule has 2 amide bonds. The van der Waals surface area contributed by atoms with Crippen LogP contribution in [0.1, 0.15) is 25.8 Å². The Morgan fingerprint density at radius 2 is 2.04 bits per heavy atom. The van der Waals surface area contributed by atoms with Crippen LogP contribution >= 0.6 is 11.3 Å². The number of aryl methyl sites for hydroxylation is 1. The molecule has 0 radical (unpaired) electrons. The van der Waals surface area contributed by atoms with Gasteiger partial charge in [-0.1, -0.05) is 0 Å². The minimum atomic E-state index is -2.36. The Morgan fingerprint density at radius 3 is 2.65 bits per heavy atom. The number of alkyl halides is 2. The monoisotopic (exact) mass is 383 g/mol. The summed E-state index contributed by atoms with van der Waals surface area (Å²) in [6, 6.07) is 4.92. The zero-order chi connectivity index (χ0) is 18.7. The van der Waals surface area contributed by atoms with Crippen LogP contribution in [0.3, 0.4) is 0 Å². The van der Waals surface area contributed by atoms with Crippen molar-refractivity contribution in [2.45, 2.75) is 13.3 Å². The highest BCUT2D eigenvalue weighted by atomic mass is 32.1. The lowest BCUT2D eigenvalue weighted by atomic mass is 10.2. The van der Waals surface area contributed by atoms with Crippen LogP contribution in [0.2, 0.25) is 0 Å². The fourth-order valence-electron chi connectivity index (χ4n) is 2.81. The molecule has 0 unspecified atom stereocenters. The number of carbonyl (C=O) groups excluding carboxylic acids is 2. The van der Waals surface area contributed by atoms with E-state index in [9.17, 15) is 18.4 Å². The molecule has 0 bridgehead atoms. The van der Waals surface area contributed by atoms with E-state index >= 15 is 0 Å². The van der Waals surface area contributed by atoms with E-state index in [1.165, 1.54) is 17.6 Å². The van der Waals surface area contributed by atoms with E-state index in [-0.39, 0.29) is 24.1 Å². The predicted octanol–water partition coefficient (Wildman–Crippen LogP) is 2.92. The summed E-state index contributed by atoms with van der Waals surface area (Å²) >= 11 is 1.20. The fraction of sp³-hybridized carbons (Fsp3) is 0.412. The molecule has 0 aliphatic carbocycles. The molecule has 1 saturated heterocycles. The molecule has 9 heteroatoms. The van der Waals surface area contributed by atoms with Crippen molar-refractivity contribution in [1.29, 1.82) is 0 Å². The van der Waals surface area contributed by atoms with E-state index in [0.29, 0.717) is 36.1 Å². The van der Waals surface area contributed by atoms with Gasteiger partial charge in [0.1, 0.15) is 0 Å². The number of carbonyl (C=O) groups is 2. The van der Waals surface area contributed by atoms with Crippen molar-refractivity contribution in [3.8, 4) is 0 Å². The summed E-state index contributed by atoms with van der Waals surface area (Å²) in [5.41, 5.74) is 0.768. The molecule has 1 fully saturated rings. The van der Waals surface area contributed by atoms with Crippen LogP contribution in [0.25, 0.3) is 0 Å². The van der Waals surface area contributed by atoms with Crippen molar-refractivity contribution in [2.24, 2.45) is 0 Å². The van der Waals surface area contributed by atoms with E-state index in [1.807, 2.05) is 0 Å². The van der Waals surface area contributed by atoms with Crippen molar-refractivity contribution in [2.75, 3.05) is 38.0 Å². The number of amides is 2. The average Bonchev–Trinajstić information content (AvgIpc) is 3.24. The summed E-state index contributed by atoms with van der Waals surface area (Å²) in [5.74, 6) is -0.322. The standard InChI is InChI=1S/C17H19F2N3O3S/c1-11-9-14(20-16(23)12-3-2-8-25-12)26-15(11)17(24)22-6-4-21(5-7-22)10-13(18)19/h2-3,8-9,13H,4-7,10H2,1H3,(H,20,23). The number of hydrogen-bond acceptors (Lipinski definition) is 5. The van der Waals surface area contributed by atoms with Gasteiger partial charge in [-0.05, 0) is 30.7 Å². The summed E-state index contributed by atoms with van der Waals surface area (Å²) in [4.78, 5) is 28.6. The van der Waals surface area contributed by atoms with Gasteiger partial charge in [-0.25, -0.2) is 8.78 Å². The smallest absolute Gasteiger partial charge is 0.291 e. The molecule has 2 aromatic heterocycles. The Labute approximate surface area is 153 Å². The highest BCUT2D eigenvalue weighted by molar-refractivity contribution is 7.18. The molecule has 3 rings (SSSR count). The summed E-state index contributed by atoms with van der Waals surface area (Å²) in [6.45, 7) is 3.24. The highest BCUT2D eigenvalue weighted by Crippen LogP contribution is 2.28. The van der Waals surface area contributed by atoms with Crippen LogP contribution in [0.4, 0.5) is 13.8 Å². The normalized spacial score (nSPS) is 15.5. The van der Waals surface area contributed by atoms with Crippen molar-refractivity contribution in [3.63, 3.8) is 0 Å². The molecule has 0 spiro atoms. The van der Waals surface area contributed by atoms with E-state index < -0.39 is 6.43 Å². The minimum absolute atomic E-state index is 0.136. The lowest BCUT2D eigenvalue weighted by Gasteiger charge is -2.34. The zero-order valence-electron chi connectivity index (χ0n) is 14.2. The van der Waals surface area contributed by atoms with Gasteiger partial charge in [0.05, 0.1) is 22.7 Å². The molecule has 6 nitrogen and oxygen atoms in total. The van der Waals surface area contributed by atoms with Crippen LogP contribution < -0.4 is 5.32 Å². The topological polar surface area (TPSA) is 65.8 Å². The first-order valence-electron chi connectivity index (χ1n) is 8.19. The first kappa shape index (κ1) is 18.5. The zero-order valence-corrected chi connectivity index (χ0v) is 15.0. The molecule has 26 heavy (non-hydrogen) atoms. The van der Waals surface area contributed by atoms with Crippen molar-refractivity contribution in [3.05, 3.63) is 40.7 Å². The number of rotatable bonds is 5. The van der Waals surface area contributed by atoms with E-state index in [1.54, 1.807) is 34.9 Å². The lowest BCUT2D eigenvalue weighted by molar-refractivity contribution is 0.0461. The second-order valence-electron chi connectivity index (χ2n) is 6.04. The number of anilines is 1. The Balaban J connectivity index is 1.62. The van der Waals surface area contributed by atoms with Gasteiger partial charge in [-0.2, -0.15) is 0 Å². The van der Waals surface area contributed by atoms with Gasteiger partial charge in [0.2, 0.25) is 0 Å². The molecule has 2 aromatic rings. The number of piperazine rings is 1. The third-order valence-electron chi connectivity index (χ3n) is 4.15. The molecule has 0 atom stereocenters. The van der Waals surface area contributed by atoms with Gasteiger partial charge in [-0.3, -0.25) is 14.5 Å². The van der Waals surface area contributed by atoms with Crippen molar-refractivity contribution >= 4 is 28.2 Å². The van der Waals surface area contributed by atoms with Crippen LogP contribution in [0, 0.1) is 6.92 Å². The Bertz CT molecular complexity index is 768. The number of halogens is 2. The maximum absolute atomic E-state index is 12.7. The van der Waals surface area contributed by atoms with Gasteiger partial charge in [0.25, 0.3) is 18.2 Å². The maximum atomic E-state index is 12.7. The number of thiophene rings is 1. The van der Waals surface area contributed by atoms with Gasteiger partial charge >= 0.3 is 0 Å². The molecule has 1 aliphatic rings. The van der Waals surface area contributed by atoms with Crippen molar-refractivity contribution < 1.29 is 22.8 Å². The number of furan rings is 1. The molecule has 0 saturated carbocycles.